The average molecular weight is 380 g/mol. The van der Waals surface area contributed by atoms with Crippen LogP contribution in [0.3, 0.4) is 0 Å². The van der Waals surface area contributed by atoms with E-state index in [1.54, 1.807) is 4.31 Å². The zero-order valence-corrected chi connectivity index (χ0v) is 16.2. The second kappa shape index (κ2) is 7.78. The second-order valence-electron chi connectivity index (χ2n) is 7.82. The largest absolute Gasteiger partial charge is 0.354 e. The van der Waals surface area contributed by atoms with Gasteiger partial charge in [-0.15, -0.1) is 5.10 Å². The Morgan fingerprint density at radius 2 is 1.73 bits per heavy atom. The first kappa shape index (κ1) is 18.1. The first-order valence-corrected chi connectivity index (χ1v) is 11.4. The molecule has 26 heavy (non-hydrogen) atoms. The fraction of sp³-hybridized carbons (Fsp3) is 0.778. The maximum Gasteiger partial charge on any atom is 0.279 e. The van der Waals surface area contributed by atoms with Crippen LogP contribution in [0.4, 0.5) is 5.82 Å². The van der Waals surface area contributed by atoms with Crippen LogP contribution >= 0.6 is 0 Å². The van der Waals surface area contributed by atoms with Gasteiger partial charge in [-0.2, -0.15) is 17.8 Å². The van der Waals surface area contributed by atoms with E-state index in [2.05, 4.69) is 25.9 Å². The Hall–Kier alpha value is -1.25. The molecule has 0 atom stereocenters. The number of nitrogens with zero attached hydrogens (tertiary/aromatic N) is 4. The van der Waals surface area contributed by atoms with E-state index >= 15 is 0 Å². The third-order valence-electron chi connectivity index (χ3n) is 5.80. The highest BCUT2D eigenvalue weighted by atomic mass is 32.2. The van der Waals surface area contributed by atoms with Crippen LogP contribution in [0.5, 0.6) is 0 Å². The Balaban J connectivity index is 1.27. The number of rotatable bonds is 5. The van der Waals surface area contributed by atoms with Crippen molar-refractivity contribution in [2.24, 2.45) is 5.92 Å². The molecule has 0 bridgehead atoms. The third kappa shape index (κ3) is 4.02. The van der Waals surface area contributed by atoms with Gasteiger partial charge in [0.25, 0.3) is 10.2 Å². The minimum absolute atomic E-state index is 0.342. The highest BCUT2D eigenvalue weighted by Crippen LogP contribution is 2.26. The van der Waals surface area contributed by atoms with E-state index in [0.717, 1.165) is 63.1 Å². The molecule has 0 aromatic carbocycles. The predicted octanol–water partition coefficient (Wildman–Crippen LogP) is 1.50. The van der Waals surface area contributed by atoms with Crippen molar-refractivity contribution in [3.05, 3.63) is 17.3 Å². The fourth-order valence-corrected chi connectivity index (χ4v) is 5.48. The van der Waals surface area contributed by atoms with Crippen molar-refractivity contribution < 1.29 is 8.42 Å². The van der Waals surface area contributed by atoms with Crippen LogP contribution in [0.1, 0.15) is 49.8 Å². The number of aryl methyl sites for hydroxylation is 2. The normalized spacial score (nSPS) is 22.5. The lowest BCUT2D eigenvalue weighted by Crippen LogP contribution is -2.53. The molecule has 144 valence electrons. The summed E-state index contributed by atoms with van der Waals surface area (Å²) in [6, 6.07) is 2.18. The van der Waals surface area contributed by atoms with E-state index in [-0.39, 0.29) is 0 Å². The molecular weight excluding hydrogens is 350 g/mol. The second-order valence-corrected chi connectivity index (χ2v) is 9.57. The van der Waals surface area contributed by atoms with Gasteiger partial charge in [-0.05, 0) is 50.2 Å². The molecule has 2 aliphatic heterocycles. The van der Waals surface area contributed by atoms with E-state index < -0.39 is 10.2 Å². The topological polar surface area (TPSA) is 78.4 Å². The molecule has 3 aliphatic rings. The minimum Gasteiger partial charge on any atom is -0.354 e. The summed E-state index contributed by atoms with van der Waals surface area (Å²) in [5.41, 5.74) is 2.49. The molecule has 7 nitrogen and oxygen atoms in total. The van der Waals surface area contributed by atoms with Crippen LogP contribution in [0.15, 0.2) is 6.07 Å². The molecule has 8 heteroatoms. The summed E-state index contributed by atoms with van der Waals surface area (Å²) in [5, 5.41) is 8.76. The van der Waals surface area contributed by atoms with Crippen molar-refractivity contribution in [3.63, 3.8) is 0 Å². The summed E-state index contributed by atoms with van der Waals surface area (Å²) >= 11 is 0. The van der Waals surface area contributed by atoms with Crippen molar-refractivity contribution in [2.45, 2.75) is 51.4 Å². The monoisotopic (exact) mass is 379 g/mol. The molecule has 1 aliphatic carbocycles. The summed E-state index contributed by atoms with van der Waals surface area (Å²) in [6.45, 7) is 3.49. The van der Waals surface area contributed by atoms with Gasteiger partial charge in [0.05, 0.1) is 5.69 Å². The summed E-state index contributed by atoms with van der Waals surface area (Å²) in [5.74, 6) is 1.28. The summed E-state index contributed by atoms with van der Waals surface area (Å²) in [6.07, 6.45) is 8.79. The van der Waals surface area contributed by atoms with Gasteiger partial charge in [0.2, 0.25) is 0 Å². The maximum atomic E-state index is 12.5. The molecule has 2 saturated heterocycles. The number of fused-ring (bicyclic) bond motifs is 1. The standard InChI is InChI=1S/C18H29N5O2S/c24-26(25,23-9-5-1-2-6-10-23)19-12-15-13-22(14-15)18-11-16-7-3-4-8-17(16)20-21-18/h11,15,19H,1-10,12-14H2. The van der Waals surface area contributed by atoms with Gasteiger partial charge in [-0.1, -0.05) is 12.8 Å². The Bertz CT molecular complexity index is 725. The molecule has 1 aromatic heterocycles. The van der Waals surface area contributed by atoms with Crippen LogP contribution in [0, 0.1) is 5.92 Å². The zero-order valence-electron chi connectivity index (χ0n) is 15.4. The lowest BCUT2D eigenvalue weighted by molar-refractivity contribution is 0.380. The minimum atomic E-state index is -3.34. The summed E-state index contributed by atoms with van der Waals surface area (Å²) < 4.78 is 29.4. The van der Waals surface area contributed by atoms with Gasteiger partial charge in [-0.25, -0.2) is 4.72 Å². The van der Waals surface area contributed by atoms with Gasteiger partial charge in [-0.3, -0.25) is 0 Å². The fourth-order valence-electron chi connectivity index (χ4n) is 4.12. The highest BCUT2D eigenvalue weighted by molar-refractivity contribution is 7.87. The van der Waals surface area contributed by atoms with Gasteiger partial charge in [0.1, 0.15) is 0 Å². The molecule has 4 rings (SSSR count). The van der Waals surface area contributed by atoms with Crippen molar-refractivity contribution in [1.82, 2.24) is 19.2 Å². The van der Waals surface area contributed by atoms with Gasteiger partial charge < -0.3 is 4.90 Å². The molecular formula is C18H29N5O2S. The van der Waals surface area contributed by atoms with Crippen molar-refractivity contribution in [1.29, 1.82) is 0 Å². The number of hydrogen-bond donors (Lipinski definition) is 1. The zero-order chi connectivity index (χ0) is 18.0. The van der Waals surface area contributed by atoms with E-state index in [0.29, 0.717) is 25.6 Å². The Morgan fingerprint density at radius 1 is 1.00 bits per heavy atom. The van der Waals surface area contributed by atoms with Crippen LogP contribution in [-0.4, -0.2) is 55.6 Å². The van der Waals surface area contributed by atoms with Crippen LogP contribution in [-0.2, 0) is 23.1 Å². The summed E-state index contributed by atoms with van der Waals surface area (Å²) in [4.78, 5) is 2.20. The number of nitrogens with one attached hydrogen (secondary N) is 1. The first-order chi connectivity index (χ1) is 12.6. The molecule has 1 aromatic rings. The maximum absolute atomic E-state index is 12.5. The third-order valence-corrected chi connectivity index (χ3v) is 7.37. The number of aromatic nitrogens is 2. The van der Waals surface area contributed by atoms with E-state index in [9.17, 15) is 8.42 Å². The van der Waals surface area contributed by atoms with Crippen molar-refractivity contribution >= 4 is 16.0 Å². The summed E-state index contributed by atoms with van der Waals surface area (Å²) in [7, 11) is -3.34. The number of hydrogen-bond acceptors (Lipinski definition) is 5. The molecule has 0 spiro atoms. The lowest BCUT2D eigenvalue weighted by Gasteiger charge is -2.40. The molecule has 0 amide bonds. The quantitative estimate of drug-likeness (QED) is 0.839. The van der Waals surface area contributed by atoms with E-state index in [1.807, 2.05) is 0 Å². The predicted molar refractivity (Wildman–Crippen MR) is 101 cm³/mol. The first-order valence-electron chi connectivity index (χ1n) is 9.97. The van der Waals surface area contributed by atoms with Gasteiger partial charge in [0, 0.05) is 38.6 Å². The number of anilines is 1. The van der Waals surface area contributed by atoms with Crippen LogP contribution in [0.25, 0.3) is 0 Å². The van der Waals surface area contributed by atoms with Crippen LogP contribution < -0.4 is 9.62 Å². The smallest absolute Gasteiger partial charge is 0.279 e. The Morgan fingerprint density at radius 3 is 2.50 bits per heavy atom. The lowest BCUT2D eigenvalue weighted by atomic mass is 9.96. The molecule has 0 radical (unpaired) electrons. The highest BCUT2D eigenvalue weighted by Gasteiger charge is 2.31. The van der Waals surface area contributed by atoms with Gasteiger partial charge >= 0.3 is 0 Å². The van der Waals surface area contributed by atoms with Gasteiger partial charge in [0.15, 0.2) is 5.82 Å². The molecule has 0 unspecified atom stereocenters. The van der Waals surface area contributed by atoms with Crippen LogP contribution in [0.2, 0.25) is 0 Å². The molecule has 0 saturated carbocycles. The molecule has 1 N–H and O–H groups in total. The van der Waals surface area contributed by atoms with Crippen molar-refractivity contribution in [2.75, 3.05) is 37.6 Å². The van der Waals surface area contributed by atoms with E-state index in [4.69, 9.17) is 0 Å². The molecule has 2 fully saturated rings. The van der Waals surface area contributed by atoms with Crippen molar-refractivity contribution in [3.8, 4) is 0 Å². The Labute approximate surface area is 156 Å². The SMILES string of the molecule is O=S(=O)(NCC1CN(c2cc3c(nn2)CCCC3)C1)N1CCCCCC1. The van der Waals surface area contributed by atoms with E-state index in [1.165, 1.54) is 18.4 Å². The Kier molecular flexibility index (Phi) is 5.42. The molecule has 3 heterocycles. The average Bonchev–Trinajstić information content (AvgIpc) is 2.90.